The van der Waals surface area contributed by atoms with Gasteiger partial charge in [0.15, 0.2) is 18.2 Å². The maximum Gasteiger partial charge on any atom is 0.188 e. The van der Waals surface area contributed by atoms with E-state index in [1.54, 1.807) is 0 Å². The highest BCUT2D eigenvalue weighted by Gasteiger charge is 1.92. The van der Waals surface area contributed by atoms with E-state index < -0.39 is 0 Å². The van der Waals surface area contributed by atoms with Crippen LogP contribution in [-0.2, 0) is 0 Å². The third-order valence-electron chi connectivity index (χ3n) is 0.830. The lowest BCUT2D eigenvalue weighted by Gasteiger charge is -1.95. The molecule has 0 saturated heterocycles. The van der Waals surface area contributed by atoms with Gasteiger partial charge in [-0.25, -0.2) is 0 Å². The molecule has 0 aromatic carbocycles. The third-order valence-corrected chi connectivity index (χ3v) is 0.830. The van der Waals surface area contributed by atoms with Crippen LogP contribution in [0.2, 0.25) is 0 Å². The summed E-state index contributed by atoms with van der Waals surface area (Å²) in [5.74, 6) is 0.580. The summed E-state index contributed by atoms with van der Waals surface area (Å²) in [6.07, 6.45) is 4.94. The van der Waals surface area contributed by atoms with Crippen molar-refractivity contribution in [3.63, 3.8) is 0 Å². The van der Waals surface area contributed by atoms with Gasteiger partial charge < -0.3 is 9.26 Å². The smallest absolute Gasteiger partial charge is 0.188 e. The van der Waals surface area contributed by atoms with Crippen LogP contribution < -0.4 is 4.74 Å². The fourth-order valence-electron chi connectivity index (χ4n) is 0.450. The number of ether oxygens (including phenoxy) is 1. The van der Waals surface area contributed by atoms with Gasteiger partial charge in [-0.05, 0) is 6.42 Å². The lowest BCUT2D eigenvalue weighted by atomic mass is 10.5. The molecule has 0 spiro atoms. The average Bonchev–Trinajstić information content (AvgIpc) is 2.34. The molecular weight excluding hydrogens is 118 g/mol. The van der Waals surface area contributed by atoms with E-state index in [4.69, 9.17) is 4.74 Å². The standard InChI is InChI=1S/C6H8NO2/c1-2-3-8-6-4-7-9-5-6/h5H,2-3H2,1H3. The van der Waals surface area contributed by atoms with Gasteiger partial charge in [-0.2, -0.15) is 0 Å². The van der Waals surface area contributed by atoms with Crippen LogP contribution in [0.25, 0.3) is 0 Å². The van der Waals surface area contributed by atoms with Crippen LogP contribution in [0, 0.1) is 6.20 Å². The van der Waals surface area contributed by atoms with E-state index >= 15 is 0 Å². The second-order valence-electron chi connectivity index (χ2n) is 1.64. The summed E-state index contributed by atoms with van der Waals surface area (Å²) in [6.45, 7) is 2.73. The molecule has 0 atom stereocenters. The summed E-state index contributed by atoms with van der Waals surface area (Å²) in [4.78, 5) is 0. The van der Waals surface area contributed by atoms with Gasteiger partial charge in [0.2, 0.25) is 0 Å². The molecule has 9 heavy (non-hydrogen) atoms. The van der Waals surface area contributed by atoms with Crippen LogP contribution in [0.3, 0.4) is 0 Å². The van der Waals surface area contributed by atoms with Crippen LogP contribution in [0.1, 0.15) is 13.3 Å². The van der Waals surface area contributed by atoms with Gasteiger partial charge in [0.1, 0.15) is 0 Å². The SMILES string of the molecule is CCCOc1[c]noc1. The maximum absolute atomic E-state index is 5.08. The van der Waals surface area contributed by atoms with Gasteiger partial charge in [0, 0.05) is 0 Å². The molecule has 3 nitrogen and oxygen atoms in total. The largest absolute Gasteiger partial charge is 0.488 e. The highest BCUT2D eigenvalue weighted by molar-refractivity contribution is 5.05. The second-order valence-corrected chi connectivity index (χ2v) is 1.64. The van der Waals surface area contributed by atoms with Gasteiger partial charge in [0.05, 0.1) is 6.61 Å². The van der Waals surface area contributed by atoms with Crippen molar-refractivity contribution in [3.05, 3.63) is 12.5 Å². The molecule has 1 heterocycles. The van der Waals surface area contributed by atoms with Crippen LogP contribution in [0.4, 0.5) is 0 Å². The first kappa shape index (κ1) is 6.13. The van der Waals surface area contributed by atoms with E-state index in [0.29, 0.717) is 12.4 Å². The molecule has 1 rings (SSSR count). The number of nitrogens with zero attached hydrogens (tertiary/aromatic N) is 1. The van der Waals surface area contributed by atoms with Crippen LogP contribution in [0.5, 0.6) is 5.75 Å². The molecule has 3 heteroatoms. The molecule has 0 saturated carbocycles. The Hall–Kier alpha value is -0.990. The molecule has 1 aromatic heterocycles. The van der Waals surface area contributed by atoms with Crippen molar-refractivity contribution in [2.45, 2.75) is 13.3 Å². The zero-order valence-corrected chi connectivity index (χ0v) is 5.26. The molecule has 0 aliphatic carbocycles. The van der Waals surface area contributed by atoms with Gasteiger partial charge >= 0.3 is 0 Å². The topological polar surface area (TPSA) is 35.3 Å². The molecule has 0 unspecified atom stereocenters. The summed E-state index contributed by atoms with van der Waals surface area (Å²) in [5, 5.41) is 3.35. The number of hydrogen-bond donors (Lipinski definition) is 0. The molecule has 0 fully saturated rings. The third kappa shape index (κ3) is 1.76. The van der Waals surface area contributed by atoms with Crippen molar-refractivity contribution < 1.29 is 9.26 Å². The summed E-state index contributed by atoms with van der Waals surface area (Å²) in [6, 6.07) is 0. The lowest BCUT2D eigenvalue weighted by Crippen LogP contribution is -1.92. The minimum absolute atomic E-state index is 0.580. The van der Waals surface area contributed by atoms with Gasteiger partial charge in [-0.1, -0.05) is 12.1 Å². The summed E-state index contributed by atoms with van der Waals surface area (Å²) < 4.78 is 9.56. The van der Waals surface area contributed by atoms with Crippen molar-refractivity contribution in [2.75, 3.05) is 6.61 Å². The Bertz CT molecular complexity index is 148. The summed E-state index contributed by atoms with van der Waals surface area (Å²) in [7, 11) is 0. The molecule has 1 aromatic rings. The molecule has 49 valence electrons. The predicted molar refractivity (Wildman–Crippen MR) is 31.1 cm³/mol. The zero-order valence-electron chi connectivity index (χ0n) is 5.26. The number of hydrogen-bond acceptors (Lipinski definition) is 3. The first-order valence-corrected chi connectivity index (χ1v) is 2.88. The monoisotopic (exact) mass is 126 g/mol. The molecule has 0 bridgehead atoms. The Morgan fingerprint density at radius 2 is 2.78 bits per heavy atom. The van der Waals surface area contributed by atoms with Crippen LogP contribution in [-0.4, -0.2) is 11.8 Å². The predicted octanol–water partition coefficient (Wildman–Crippen LogP) is 1.26. The van der Waals surface area contributed by atoms with Crippen LogP contribution >= 0.6 is 0 Å². The van der Waals surface area contributed by atoms with E-state index in [-0.39, 0.29) is 0 Å². The van der Waals surface area contributed by atoms with E-state index in [9.17, 15) is 0 Å². The molecule has 0 N–H and O–H groups in total. The van der Waals surface area contributed by atoms with Crippen molar-refractivity contribution in [2.24, 2.45) is 0 Å². The molecule has 0 aliphatic rings. The van der Waals surface area contributed by atoms with Gasteiger partial charge in [-0.15, -0.1) is 0 Å². The van der Waals surface area contributed by atoms with Crippen molar-refractivity contribution >= 4 is 0 Å². The van der Waals surface area contributed by atoms with Crippen molar-refractivity contribution in [1.82, 2.24) is 5.16 Å². The van der Waals surface area contributed by atoms with Gasteiger partial charge in [0.25, 0.3) is 0 Å². The highest BCUT2D eigenvalue weighted by Crippen LogP contribution is 2.05. The first-order chi connectivity index (χ1) is 4.43. The Balaban J connectivity index is 2.30. The minimum Gasteiger partial charge on any atom is -0.488 e. The second kappa shape index (κ2) is 3.12. The zero-order chi connectivity index (χ0) is 6.53. The Morgan fingerprint density at radius 1 is 1.89 bits per heavy atom. The number of aromatic nitrogens is 1. The highest BCUT2D eigenvalue weighted by atomic mass is 16.5. The summed E-state index contributed by atoms with van der Waals surface area (Å²) >= 11 is 0. The minimum atomic E-state index is 0.580. The molecule has 0 aliphatic heterocycles. The van der Waals surface area contributed by atoms with Crippen molar-refractivity contribution in [3.8, 4) is 5.75 Å². The maximum atomic E-state index is 5.08. The Morgan fingerprint density at radius 3 is 3.33 bits per heavy atom. The lowest BCUT2D eigenvalue weighted by molar-refractivity contribution is 0.312. The molecule has 0 amide bonds. The first-order valence-electron chi connectivity index (χ1n) is 2.88. The fraction of sp³-hybridized carbons (Fsp3) is 0.500. The fourth-order valence-corrected chi connectivity index (χ4v) is 0.450. The van der Waals surface area contributed by atoms with E-state index in [2.05, 4.69) is 15.9 Å². The van der Waals surface area contributed by atoms with Gasteiger partial charge in [-0.3, -0.25) is 0 Å². The van der Waals surface area contributed by atoms with Crippen LogP contribution in [0.15, 0.2) is 10.8 Å². The number of rotatable bonds is 3. The van der Waals surface area contributed by atoms with Crippen molar-refractivity contribution in [1.29, 1.82) is 0 Å². The van der Waals surface area contributed by atoms with E-state index in [1.807, 2.05) is 6.92 Å². The average molecular weight is 126 g/mol. The normalized spacial score (nSPS) is 9.44. The van der Waals surface area contributed by atoms with E-state index in [0.717, 1.165) is 6.42 Å². The Labute approximate surface area is 53.6 Å². The molecular formula is C6H8NO2. The molecule has 1 radical (unpaired) electrons. The summed E-state index contributed by atoms with van der Waals surface area (Å²) in [5.41, 5.74) is 0. The quantitative estimate of drug-likeness (QED) is 0.611. The Kier molecular flexibility index (Phi) is 2.13. The van der Waals surface area contributed by atoms with E-state index in [1.165, 1.54) is 6.26 Å².